The van der Waals surface area contributed by atoms with Crippen molar-refractivity contribution in [3.8, 4) is 0 Å². The second-order valence-electron chi connectivity index (χ2n) is 4.96. The quantitative estimate of drug-likeness (QED) is 0.818. The first-order valence-electron chi connectivity index (χ1n) is 6.43. The Morgan fingerprint density at radius 3 is 2.35 bits per heavy atom. The van der Waals surface area contributed by atoms with Gasteiger partial charge in [0.05, 0.1) is 5.56 Å². The van der Waals surface area contributed by atoms with E-state index in [9.17, 15) is 4.79 Å². The zero-order valence-electron chi connectivity index (χ0n) is 11.5. The van der Waals surface area contributed by atoms with Crippen LogP contribution in [-0.2, 0) is 0 Å². The average Bonchev–Trinajstić information content (AvgIpc) is 2.39. The van der Waals surface area contributed by atoms with Gasteiger partial charge in [0.2, 0.25) is 0 Å². The van der Waals surface area contributed by atoms with Crippen molar-refractivity contribution >= 4 is 33.2 Å². The molecule has 20 heavy (non-hydrogen) atoms. The maximum Gasteiger partial charge on any atom is 0.257 e. The second kappa shape index (κ2) is 6.09. The Labute approximate surface area is 127 Å². The minimum atomic E-state index is -0.202. The van der Waals surface area contributed by atoms with E-state index in [2.05, 4.69) is 35.1 Å². The zero-order chi connectivity index (χ0) is 14.7. The molecule has 0 fully saturated rings. The van der Waals surface area contributed by atoms with Crippen molar-refractivity contribution in [1.82, 2.24) is 0 Å². The molecule has 3 N–H and O–H groups in total. The molecule has 0 radical (unpaired) electrons. The molecule has 2 aromatic rings. The van der Waals surface area contributed by atoms with Crippen molar-refractivity contribution in [2.45, 2.75) is 19.8 Å². The highest BCUT2D eigenvalue weighted by Crippen LogP contribution is 2.21. The molecule has 0 bridgehead atoms. The summed E-state index contributed by atoms with van der Waals surface area (Å²) >= 11 is 3.32. The standard InChI is InChI=1S/C16H17BrN2O/c1-10(2)11-3-6-13(7-4-11)19-16(20)14-8-5-12(17)9-15(14)18/h3-10H,18H2,1-2H3,(H,19,20). The van der Waals surface area contributed by atoms with Crippen LogP contribution < -0.4 is 11.1 Å². The predicted octanol–water partition coefficient (Wildman–Crippen LogP) is 4.41. The monoisotopic (exact) mass is 332 g/mol. The molecule has 3 nitrogen and oxygen atoms in total. The van der Waals surface area contributed by atoms with E-state index < -0.39 is 0 Å². The largest absolute Gasteiger partial charge is 0.398 e. The Morgan fingerprint density at radius 1 is 1.15 bits per heavy atom. The normalized spacial score (nSPS) is 10.6. The van der Waals surface area contributed by atoms with Crippen LogP contribution in [-0.4, -0.2) is 5.91 Å². The summed E-state index contributed by atoms with van der Waals surface area (Å²) in [6, 6.07) is 13.1. The Hall–Kier alpha value is -1.81. The van der Waals surface area contributed by atoms with Gasteiger partial charge in [-0.25, -0.2) is 0 Å². The topological polar surface area (TPSA) is 55.1 Å². The van der Waals surface area contributed by atoms with Crippen LogP contribution in [0.3, 0.4) is 0 Å². The molecule has 0 heterocycles. The van der Waals surface area contributed by atoms with Crippen LogP contribution in [0.2, 0.25) is 0 Å². The van der Waals surface area contributed by atoms with Gasteiger partial charge in [-0.05, 0) is 41.8 Å². The lowest BCUT2D eigenvalue weighted by Crippen LogP contribution is -2.14. The van der Waals surface area contributed by atoms with Crippen LogP contribution in [0.1, 0.15) is 35.7 Å². The van der Waals surface area contributed by atoms with Gasteiger partial charge in [-0.15, -0.1) is 0 Å². The molecule has 0 aliphatic carbocycles. The average molecular weight is 333 g/mol. The van der Waals surface area contributed by atoms with E-state index in [1.165, 1.54) is 5.56 Å². The minimum absolute atomic E-state index is 0.202. The Bertz CT molecular complexity index is 621. The predicted molar refractivity (Wildman–Crippen MR) is 87.0 cm³/mol. The van der Waals surface area contributed by atoms with Crippen LogP contribution in [0.5, 0.6) is 0 Å². The molecule has 2 rings (SSSR count). The number of anilines is 2. The third-order valence-electron chi connectivity index (χ3n) is 3.09. The number of halogens is 1. The lowest BCUT2D eigenvalue weighted by molar-refractivity contribution is 0.102. The summed E-state index contributed by atoms with van der Waals surface area (Å²) in [6.07, 6.45) is 0. The summed E-state index contributed by atoms with van der Waals surface area (Å²) in [5, 5.41) is 2.85. The lowest BCUT2D eigenvalue weighted by atomic mass is 10.0. The number of hydrogen-bond donors (Lipinski definition) is 2. The molecule has 0 saturated carbocycles. The molecule has 0 aliphatic heterocycles. The fourth-order valence-corrected chi connectivity index (χ4v) is 2.27. The molecular formula is C16H17BrN2O. The van der Waals surface area contributed by atoms with Crippen molar-refractivity contribution < 1.29 is 4.79 Å². The molecule has 4 heteroatoms. The third kappa shape index (κ3) is 3.39. The van der Waals surface area contributed by atoms with Crippen LogP contribution in [0.25, 0.3) is 0 Å². The summed E-state index contributed by atoms with van der Waals surface area (Å²) in [5.74, 6) is 0.272. The second-order valence-corrected chi connectivity index (χ2v) is 5.88. The smallest absolute Gasteiger partial charge is 0.257 e. The first-order valence-corrected chi connectivity index (χ1v) is 7.23. The summed E-state index contributed by atoms with van der Waals surface area (Å²) in [5.41, 5.74) is 8.78. The number of benzene rings is 2. The fraction of sp³-hybridized carbons (Fsp3) is 0.188. The molecule has 2 aromatic carbocycles. The summed E-state index contributed by atoms with van der Waals surface area (Å²) in [4.78, 5) is 12.2. The maximum atomic E-state index is 12.2. The molecule has 0 aliphatic rings. The van der Waals surface area contributed by atoms with E-state index in [1.807, 2.05) is 24.3 Å². The number of nitrogens with one attached hydrogen (secondary N) is 1. The van der Waals surface area contributed by atoms with Crippen molar-refractivity contribution in [2.75, 3.05) is 11.1 Å². The molecule has 0 spiro atoms. The van der Waals surface area contributed by atoms with Gasteiger partial charge in [0.15, 0.2) is 0 Å². The van der Waals surface area contributed by atoms with Crippen LogP contribution in [0.15, 0.2) is 46.9 Å². The number of nitrogen functional groups attached to an aromatic ring is 1. The lowest BCUT2D eigenvalue weighted by Gasteiger charge is -2.10. The first-order chi connectivity index (χ1) is 9.47. The minimum Gasteiger partial charge on any atom is -0.398 e. The molecule has 1 amide bonds. The van der Waals surface area contributed by atoms with E-state index in [0.29, 0.717) is 17.2 Å². The first kappa shape index (κ1) is 14.6. The van der Waals surface area contributed by atoms with Crippen molar-refractivity contribution in [1.29, 1.82) is 0 Å². The molecule has 0 saturated heterocycles. The van der Waals surface area contributed by atoms with E-state index >= 15 is 0 Å². The highest BCUT2D eigenvalue weighted by Gasteiger charge is 2.10. The van der Waals surface area contributed by atoms with E-state index in [-0.39, 0.29) is 5.91 Å². The van der Waals surface area contributed by atoms with Crippen LogP contribution in [0.4, 0.5) is 11.4 Å². The van der Waals surface area contributed by atoms with Gasteiger partial charge in [0.1, 0.15) is 0 Å². The Balaban J connectivity index is 2.15. The maximum absolute atomic E-state index is 12.2. The molecule has 0 aromatic heterocycles. The van der Waals surface area contributed by atoms with Gasteiger partial charge in [-0.1, -0.05) is 41.9 Å². The zero-order valence-corrected chi connectivity index (χ0v) is 13.1. The van der Waals surface area contributed by atoms with Crippen LogP contribution in [0, 0.1) is 0 Å². The SMILES string of the molecule is CC(C)c1ccc(NC(=O)c2ccc(Br)cc2N)cc1. The molecule has 104 valence electrons. The fourth-order valence-electron chi connectivity index (χ4n) is 1.89. The van der Waals surface area contributed by atoms with Gasteiger partial charge in [-0.2, -0.15) is 0 Å². The van der Waals surface area contributed by atoms with Gasteiger partial charge >= 0.3 is 0 Å². The number of carbonyl (C=O) groups is 1. The Morgan fingerprint density at radius 2 is 1.80 bits per heavy atom. The number of amides is 1. The van der Waals surface area contributed by atoms with Crippen molar-refractivity contribution in [2.24, 2.45) is 0 Å². The van der Waals surface area contributed by atoms with E-state index in [0.717, 1.165) is 10.2 Å². The summed E-state index contributed by atoms with van der Waals surface area (Å²) in [6.45, 7) is 4.27. The van der Waals surface area contributed by atoms with E-state index in [1.54, 1.807) is 18.2 Å². The molecule has 0 atom stereocenters. The van der Waals surface area contributed by atoms with Gasteiger partial charge in [0.25, 0.3) is 5.91 Å². The Kier molecular flexibility index (Phi) is 4.45. The number of nitrogens with two attached hydrogens (primary N) is 1. The van der Waals surface area contributed by atoms with Gasteiger partial charge in [-0.3, -0.25) is 4.79 Å². The molecular weight excluding hydrogens is 316 g/mol. The van der Waals surface area contributed by atoms with Gasteiger partial charge < -0.3 is 11.1 Å². The molecule has 0 unspecified atom stereocenters. The number of rotatable bonds is 3. The van der Waals surface area contributed by atoms with E-state index in [4.69, 9.17) is 5.73 Å². The highest BCUT2D eigenvalue weighted by molar-refractivity contribution is 9.10. The number of carbonyl (C=O) groups excluding carboxylic acids is 1. The number of hydrogen-bond acceptors (Lipinski definition) is 2. The summed E-state index contributed by atoms with van der Waals surface area (Å²) < 4.78 is 0.854. The van der Waals surface area contributed by atoms with Crippen LogP contribution >= 0.6 is 15.9 Å². The van der Waals surface area contributed by atoms with Gasteiger partial charge in [0, 0.05) is 15.8 Å². The van der Waals surface area contributed by atoms with Crippen molar-refractivity contribution in [3.63, 3.8) is 0 Å². The van der Waals surface area contributed by atoms with Crippen molar-refractivity contribution in [3.05, 3.63) is 58.1 Å². The highest BCUT2D eigenvalue weighted by atomic mass is 79.9. The third-order valence-corrected chi connectivity index (χ3v) is 3.59. The summed E-state index contributed by atoms with van der Waals surface area (Å²) in [7, 11) is 0.